The number of aromatic nitrogens is 2. The number of nitrogens with one attached hydrogen (secondary N) is 4. The third-order valence-electron chi connectivity index (χ3n) is 3.04. The van der Waals surface area contributed by atoms with Crippen molar-refractivity contribution in [2.45, 2.75) is 6.54 Å². The fourth-order valence-electron chi connectivity index (χ4n) is 1.91. The molecule has 3 aromatic heterocycles. The highest BCUT2D eigenvalue weighted by atomic mass is 32.1. The molecule has 0 unspecified atom stereocenters. The third-order valence-corrected chi connectivity index (χ3v) is 3.79. The topological polar surface area (TPSA) is 112 Å². The first-order chi connectivity index (χ1) is 11.7. The van der Waals surface area contributed by atoms with Gasteiger partial charge in [0.05, 0.1) is 30.7 Å². The maximum atomic E-state index is 11.8. The fraction of sp³-hybridized carbons (Fsp3) is 0.133. The van der Waals surface area contributed by atoms with E-state index in [-0.39, 0.29) is 19.0 Å². The minimum absolute atomic E-state index is 0.151. The number of furan rings is 1. The Hall–Kier alpha value is -3.07. The van der Waals surface area contributed by atoms with Crippen molar-refractivity contribution in [1.82, 2.24) is 20.6 Å². The zero-order valence-corrected chi connectivity index (χ0v) is 13.4. The summed E-state index contributed by atoms with van der Waals surface area (Å²) in [6.45, 7) is 0.105. The Morgan fingerprint density at radius 2 is 2.17 bits per heavy atom. The van der Waals surface area contributed by atoms with Crippen molar-refractivity contribution in [2.75, 3.05) is 11.9 Å². The largest absolute Gasteiger partial charge is 0.467 e. The van der Waals surface area contributed by atoms with E-state index in [1.54, 1.807) is 18.3 Å². The fourth-order valence-corrected chi connectivity index (χ4v) is 2.64. The number of urea groups is 1. The van der Waals surface area contributed by atoms with Gasteiger partial charge < -0.3 is 25.4 Å². The van der Waals surface area contributed by atoms with Crippen LogP contribution in [0.3, 0.4) is 0 Å². The number of anilines is 1. The molecule has 0 aliphatic heterocycles. The van der Waals surface area contributed by atoms with Gasteiger partial charge in [-0.25, -0.2) is 9.78 Å². The summed E-state index contributed by atoms with van der Waals surface area (Å²) in [6, 6.07) is 6.80. The Labute approximate surface area is 141 Å². The molecule has 0 aliphatic carbocycles. The van der Waals surface area contributed by atoms with Crippen LogP contribution in [0.1, 0.15) is 5.76 Å². The van der Waals surface area contributed by atoms with Crippen LogP contribution in [0.4, 0.5) is 9.93 Å². The SMILES string of the molecule is O=C(CNC(=O)NCc1ccco1)Nc1nc(-c2ccc[nH]2)cs1. The van der Waals surface area contributed by atoms with Gasteiger partial charge in [-0.2, -0.15) is 0 Å². The van der Waals surface area contributed by atoms with Crippen LogP contribution < -0.4 is 16.0 Å². The first kappa shape index (κ1) is 15.8. The van der Waals surface area contributed by atoms with E-state index in [4.69, 9.17) is 4.42 Å². The standard InChI is InChI=1S/C15H15N5O3S/c21-13(8-18-14(22)17-7-10-3-2-6-23-10)20-15-19-12(9-24-15)11-4-1-5-16-11/h1-6,9,16H,7-8H2,(H2,17,18,22)(H,19,20,21). The zero-order valence-electron chi connectivity index (χ0n) is 12.5. The minimum Gasteiger partial charge on any atom is -0.467 e. The highest BCUT2D eigenvalue weighted by molar-refractivity contribution is 7.14. The first-order valence-corrected chi connectivity index (χ1v) is 8.02. The Bertz CT molecular complexity index is 795. The Kier molecular flexibility index (Phi) is 4.92. The lowest BCUT2D eigenvalue weighted by Gasteiger charge is -2.06. The van der Waals surface area contributed by atoms with Gasteiger partial charge in [0.25, 0.3) is 0 Å². The van der Waals surface area contributed by atoms with Crippen molar-refractivity contribution < 1.29 is 14.0 Å². The van der Waals surface area contributed by atoms with Crippen molar-refractivity contribution in [3.8, 4) is 11.4 Å². The molecule has 0 saturated heterocycles. The maximum absolute atomic E-state index is 11.8. The van der Waals surface area contributed by atoms with Crippen LogP contribution in [-0.2, 0) is 11.3 Å². The van der Waals surface area contributed by atoms with E-state index >= 15 is 0 Å². The molecule has 8 nitrogen and oxygen atoms in total. The third kappa shape index (κ3) is 4.23. The number of hydrogen-bond acceptors (Lipinski definition) is 5. The zero-order chi connectivity index (χ0) is 16.8. The van der Waals surface area contributed by atoms with Crippen LogP contribution >= 0.6 is 11.3 Å². The Balaban J connectivity index is 1.41. The highest BCUT2D eigenvalue weighted by Crippen LogP contribution is 2.23. The quantitative estimate of drug-likeness (QED) is 0.548. The van der Waals surface area contributed by atoms with Gasteiger partial charge in [0, 0.05) is 11.6 Å². The van der Waals surface area contributed by atoms with E-state index in [0.29, 0.717) is 10.9 Å². The maximum Gasteiger partial charge on any atom is 0.315 e. The second-order valence-corrected chi connectivity index (χ2v) is 5.64. The molecule has 0 aliphatic rings. The molecule has 0 saturated carbocycles. The average molecular weight is 345 g/mol. The van der Waals surface area contributed by atoms with Gasteiger partial charge in [0.15, 0.2) is 5.13 Å². The monoisotopic (exact) mass is 345 g/mol. The molecular weight excluding hydrogens is 330 g/mol. The second kappa shape index (κ2) is 7.47. The number of hydrogen-bond donors (Lipinski definition) is 4. The summed E-state index contributed by atoms with van der Waals surface area (Å²) < 4.78 is 5.09. The molecule has 0 radical (unpaired) electrons. The second-order valence-electron chi connectivity index (χ2n) is 4.79. The van der Waals surface area contributed by atoms with E-state index in [9.17, 15) is 9.59 Å². The number of H-pyrrole nitrogens is 1. The molecule has 0 atom stereocenters. The van der Waals surface area contributed by atoms with Crippen molar-refractivity contribution in [3.63, 3.8) is 0 Å². The summed E-state index contributed by atoms with van der Waals surface area (Å²) in [7, 11) is 0. The van der Waals surface area contributed by atoms with Crippen LogP contribution in [0, 0.1) is 0 Å². The van der Waals surface area contributed by atoms with Gasteiger partial charge in [-0.3, -0.25) is 4.79 Å². The lowest BCUT2D eigenvalue weighted by molar-refractivity contribution is -0.115. The molecule has 24 heavy (non-hydrogen) atoms. The highest BCUT2D eigenvalue weighted by Gasteiger charge is 2.10. The van der Waals surface area contributed by atoms with Crippen LogP contribution in [0.2, 0.25) is 0 Å². The van der Waals surface area contributed by atoms with Crippen LogP contribution in [0.5, 0.6) is 0 Å². The molecule has 3 heterocycles. The molecule has 0 spiro atoms. The van der Waals surface area contributed by atoms with Gasteiger partial charge in [-0.15, -0.1) is 11.3 Å². The molecule has 9 heteroatoms. The number of carbonyl (C=O) groups is 2. The lowest BCUT2D eigenvalue weighted by atomic mass is 10.3. The summed E-state index contributed by atoms with van der Waals surface area (Å²) >= 11 is 1.32. The summed E-state index contributed by atoms with van der Waals surface area (Å²) in [5.74, 6) is 0.282. The molecule has 3 amide bonds. The smallest absolute Gasteiger partial charge is 0.315 e. The number of aromatic amines is 1. The molecule has 124 valence electrons. The van der Waals surface area contributed by atoms with Gasteiger partial charge in [0.2, 0.25) is 5.91 Å². The van der Waals surface area contributed by atoms with Gasteiger partial charge in [-0.1, -0.05) is 0 Å². The average Bonchev–Trinajstić information content (AvgIpc) is 3.31. The number of amides is 3. The van der Waals surface area contributed by atoms with Crippen LogP contribution in [0.25, 0.3) is 11.4 Å². The van der Waals surface area contributed by atoms with Crippen LogP contribution in [-0.4, -0.2) is 28.5 Å². The van der Waals surface area contributed by atoms with Crippen molar-refractivity contribution >= 4 is 28.4 Å². The Morgan fingerprint density at radius 3 is 2.92 bits per heavy atom. The van der Waals surface area contributed by atoms with E-state index in [0.717, 1.165) is 11.4 Å². The van der Waals surface area contributed by atoms with Crippen molar-refractivity contribution in [1.29, 1.82) is 0 Å². The first-order valence-electron chi connectivity index (χ1n) is 7.14. The molecule has 3 aromatic rings. The van der Waals surface area contributed by atoms with E-state index in [1.165, 1.54) is 17.6 Å². The normalized spacial score (nSPS) is 10.3. The van der Waals surface area contributed by atoms with Gasteiger partial charge >= 0.3 is 6.03 Å². The molecule has 3 rings (SSSR count). The molecule has 0 aromatic carbocycles. The molecule has 0 fully saturated rings. The van der Waals surface area contributed by atoms with Gasteiger partial charge in [-0.05, 0) is 24.3 Å². The van der Waals surface area contributed by atoms with E-state index in [2.05, 4.69) is 25.9 Å². The Morgan fingerprint density at radius 1 is 1.25 bits per heavy atom. The molecule has 0 bridgehead atoms. The number of carbonyl (C=O) groups excluding carboxylic acids is 2. The van der Waals surface area contributed by atoms with E-state index in [1.807, 2.05) is 17.5 Å². The number of thiazole rings is 1. The summed E-state index contributed by atoms with van der Waals surface area (Å²) in [4.78, 5) is 30.8. The van der Waals surface area contributed by atoms with Crippen LogP contribution in [0.15, 0.2) is 46.5 Å². The summed E-state index contributed by atoms with van der Waals surface area (Å²) in [5.41, 5.74) is 1.63. The minimum atomic E-state index is -0.451. The summed E-state index contributed by atoms with van der Waals surface area (Å²) in [5, 5.41) is 10.0. The number of rotatable bonds is 6. The summed E-state index contributed by atoms with van der Waals surface area (Å²) in [6.07, 6.45) is 3.33. The van der Waals surface area contributed by atoms with Gasteiger partial charge in [0.1, 0.15) is 5.76 Å². The lowest BCUT2D eigenvalue weighted by Crippen LogP contribution is -2.39. The molecule has 4 N–H and O–H groups in total. The predicted octanol–water partition coefficient (Wildman–Crippen LogP) is 2.17. The predicted molar refractivity (Wildman–Crippen MR) is 89.5 cm³/mol. The molecular formula is C15H15N5O3S. The number of nitrogens with zero attached hydrogens (tertiary/aromatic N) is 1. The van der Waals surface area contributed by atoms with E-state index < -0.39 is 6.03 Å². The van der Waals surface area contributed by atoms with Crippen molar-refractivity contribution in [3.05, 3.63) is 47.9 Å². The van der Waals surface area contributed by atoms with Crippen molar-refractivity contribution in [2.24, 2.45) is 0 Å².